The molecule has 1 aromatic heterocycles. The van der Waals surface area contributed by atoms with Crippen LogP contribution in [-0.2, 0) is 4.79 Å². The van der Waals surface area contributed by atoms with Crippen LogP contribution in [0.1, 0.15) is 33.6 Å². The zero-order chi connectivity index (χ0) is 13.8. The number of nitrogens with one attached hydrogen (secondary N) is 1. The summed E-state index contributed by atoms with van der Waals surface area (Å²) in [6, 6.07) is 2.48. The van der Waals surface area contributed by atoms with E-state index in [2.05, 4.69) is 31.1 Å². The van der Waals surface area contributed by atoms with E-state index in [9.17, 15) is 9.18 Å². The van der Waals surface area contributed by atoms with Crippen LogP contribution in [0.3, 0.4) is 0 Å². The molecule has 1 atom stereocenters. The minimum Gasteiger partial charge on any atom is -0.327 e. The average molecular weight is 253 g/mol. The third-order valence-electron chi connectivity index (χ3n) is 2.32. The highest BCUT2D eigenvalue weighted by Gasteiger charge is 2.18. The van der Waals surface area contributed by atoms with E-state index in [1.54, 1.807) is 0 Å². The van der Waals surface area contributed by atoms with Crippen molar-refractivity contribution in [3.05, 3.63) is 24.1 Å². The lowest BCUT2D eigenvalue weighted by molar-refractivity contribution is -0.116. The van der Waals surface area contributed by atoms with Gasteiger partial charge >= 0.3 is 0 Å². The number of hydrogen-bond donors (Lipinski definition) is 2. The monoisotopic (exact) mass is 253 g/mol. The molecule has 1 amide bonds. The Bertz CT molecular complexity index is 398. The summed E-state index contributed by atoms with van der Waals surface area (Å²) in [5.41, 5.74) is 5.99. The van der Waals surface area contributed by atoms with Gasteiger partial charge in [-0.1, -0.05) is 20.8 Å². The van der Waals surface area contributed by atoms with E-state index in [0.29, 0.717) is 5.82 Å². The minimum atomic E-state index is -0.433. The third-order valence-corrected chi connectivity index (χ3v) is 2.32. The lowest BCUT2D eigenvalue weighted by Crippen LogP contribution is -2.31. The van der Waals surface area contributed by atoms with Crippen molar-refractivity contribution in [3.63, 3.8) is 0 Å². The van der Waals surface area contributed by atoms with Crippen molar-refractivity contribution < 1.29 is 9.18 Å². The van der Waals surface area contributed by atoms with Crippen molar-refractivity contribution >= 4 is 11.7 Å². The Morgan fingerprint density at radius 3 is 2.67 bits per heavy atom. The van der Waals surface area contributed by atoms with Crippen molar-refractivity contribution in [2.24, 2.45) is 11.1 Å². The molecule has 3 N–H and O–H groups in total. The van der Waals surface area contributed by atoms with Crippen LogP contribution in [0, 0.1) is 11.2 Å². The maximum Gasteiger partial charge on any atom is 0.227 e. The van der Waals surface area contributed by atoms with Crippen molar-refractivity contribution in [2.45, 2.75) is 39.7 Å². The summed E-state index contributed by atoms with van der Waals surface area (Å²) in [6.45, 7) is 6.23. The third kappa shape index (κ3) is 5.72. The van der Waals surface area contributed by atoms with Gasteiger partial charge in [-0.3, -0.25) is 4.79 Å². The Balaban J connectivity index is 2.44. The van der Waals surface area contributed by atoms with Crippen LogP contribution in [0.15, 0.2) is 18.3 Å². The van der Waals surface area contributed by atoms with Crippen molar-refractivity contribution in [3.8, 4) is 0 Å². The smallest absolute Gasteiger partial charge is 0.227 e. The molecule has 0 aromatic carbocycles. The second-order valence-electron chi connectivity index (χ2n) is 5.64. The highest BCUT2D eigenvalue weighted by molar-refractivity contribution is 5.90. The second-order valence-corrected chi connectivity index (χ2v) is 5.64. The Morgan fingerprint density at radius 1 is 1.50 bits per heavy atom. The number of halogens is 1. The molecule has 0 saturated carbocycles. The number of rotatable bonds is 4. The largest absolute Gasteiger partial charge is 0.327 e. The molecule has 0 aliphatic carbocycles. The van der Waals surface area contributed by atoms with Gasteiger partial charge in [0.2, 0.25) is 5.91 Å². The number of aromatic nitrogens is 1. The Labute approximate surface area is 107 Å². The number of nitrogens with two attached hydrogens (primary N) is 1. The summed E-state index contributed by atoms with van der Waals surface area (Å²) in [4.78, 5) is 15.4. The van der Waals surface area contributed by atoms with E-state index in [1.807, 2.05) is 0 Å². The van der Waals surface area contributed by atoms with Crippen LogP contribution in [-0.4, -0.2) is 16.9 Å². The minimum absolute atomic E-state index is 0.0911. The molecule has 4 nitrogen and oxygen atoms in total. The summed E-state index contributed by atoms with van der Waals surface area (Å²) < 4.78 is 12.6. The molecule has 1 aromatic rings. The summed E-state index contributed by atoms with van der Waals surface area (Å²) in [5.74, 6) is -0.298. The van der Waals surface area contributed by atoms with Crippen LogP contribution < -0.4 is 11.1 Å². The molecule has 100 valence electrons. The van der Waals surface area contributed by atoms with Gasteiger partial charge in [-0.15, -0.1) is 0 Å². The maximum absolute atomic E-state index is 12.6. The number of nitrogens with zero attached hydrogens (tertiary/aromatic N) is 1. The molecule has 0 saturated heterocycles. The quantitative estimate of drug-likeness (QED) is 0.865. The first-order valence-electron chi connectivity index (χ1n) is 5.93. The molecule has 0 aliphatic rings. The van der Waals surface area contributed by atoms with Gasteiger partial charge in [-0.25, -0.2) is 9.37 Å². The fourth-order valence-corrected chi connectivity index (χ4v) is 1.74. The Kier molecular flexibility index (Phi) is 4.78. The highest BCUT2D eigenvalue weighted by Crippen LogP contribution is 2.21. The van der Waals surface area contributed by atoms with E-state index in [-0.39, 0.29) is 23.8 Å². The molecule has 0 bridgehead atoms. The van der Waals surface area contributed by atoms with Gasteiger partial charge in [0, 0.05) is 12.5 Å². The van der Waals surface area contributed by atoms with Gasteiger partial charge in [0.25, 0.3) is 0 Å². The molecule has 0 aliphatic heterocycles. The molecule has 5 heteroatoms. The van der Waals surface area contributed by atoms with Gasteiger partial charge in [0.15, 0.2) is 0 Å². The molecule has 1 unspecified atom stereocenters. The predicted octanol–water partition coefficient (Wildman–Crippen LogP) is 2.31. The molecule has 0 radical (unpaired) electrons. The van der Waals surface area contributed by atoms with Gasteiger partial charge in [-0.05, 0) is 24.0 Å². The summed E-state index contributed by atoms with van der Waals surface area (Å²) in [5, 5.41) is 2.59. The molecular formula is C13H20FN3O. The lowest BCUT2D eigenvalue weighted by Gasteiger charge is -2.22. The molecule has 1 heterocycles. The Morgan fingerprint density at radius 2 is 2.17 bits per heavy atom. The first-order chi connectivity index (χ1) is 8.26. The van der Waals surface area contributed by atoms with E-state index in [4.69, 9.17) is 5.73 Å². The molecule has 18 heavy (non-hydrogen) atoms. The van der Waals surface area contributed by atoms with Crippen LogP contribution in [0.2, 0.25) is 0 Å². The number of carbonyl (C=O) groups excluding carboxylic acids is 1. The molecular weight excluding hydrogens is 233 g/mol. The number of hydrogen-bond acceptors (Lipinski definition) is 3. The molecule has 1 rings (SSSR count). The van der Waals surface area contributed by atoms with E-state index < -0.39 is 5.82 Å². The number of carbonyl (C=O) groups is 1. The number of pyridine rings is 1. The highest BCUT2D eigenvalue weighted by atomic mass is 19.1. The standard InChI is InChI=1S/C13H20FN3O/c1-13(2,3)7-10(15)6-12(18)17-11-5-4-9(14)8-16-11/h4-5,8,10H,6-7,15H2,1-3H3,(H,16,17,18). The van der Waals surface area contributed by atoms with Crippen LogP contribution in [0.25, 0.3) is 0 Å². The normalized spacial score (nSPS) is 13.2. The zero-order valence-corrected chi connectivity index (χ0v) is 11.0. The summed E-state index contributed by atoms with van der Waals surface area (Å²) >= 11 is 0. The maximum atomic E-state index is 12.6. The van der Waals surface area contributed by atoms with Gasteiger partial charge in [0.1, 0.15) is 11.6 Å². The number of amides is 1. The van der Waals surface area contributed by atoms with Gasteiger partial charge in [0.05, 0.1) is 6.20 Å². The van der Waals surface area contributed by atoms with E-state index in [1.165, 1.54) is 12.1 Å². The summed E-state index contributed by atoms with van der Waals surface area (Å²) in [7, 11) is 0. The Hall–Kier alpha value is -1.49. The predicted molar refractivity (Wildman–Crippen MR) is 69.5 cm³/mol. The first-order valence-corrected chi connectivity index (χ1v) is 5.93. The van der Waals surface area contributed by atoms with Crippen molar-refractivity contribution in [2.75, 3.05) is 5.32 Å². The van der Waals surface area contributed by atoms with Crippen LogP contribution in [0.5, 0.6) is 0 Å². The molecule has 0 spiro atoms. The fraction of sp³-hybridized carbons (Fsp3) is 0.538. The van der Waals surface area contributed by atoms with Crippen molar-refractivity contribution in [1.29, 1.82) is 0 Å². The first kappa shape index (κ1) is 14.6. The SMILES string of the molecule is CC(C)(C)CC(N)CC(=O)Nc1ccc(F)cn1. The van der Waals surface area contributed by atoms with Gasteiger partial charge in [-0.2, -0.15) is 0 Å². The fourth-order valence-electron chi connectivity index (χ4n) is 1.74. The van der Waals surface area contributed by atoms with Gasteiger partial charge < -0.3 is 11.1 Å². The number of anilines is 1. The molecule has 0 fully saturated rings. The second kappa shape index (κ2) is 5.91. The van der Waals surface area contributed by atoms with Crippen LogP contribution >= 0.6 is 0 Å². The summed E-state index contributed by atoms with van der Waals surface area (Å²) in [6.07, 6.45) is 2.05. The topological polar surface area (TPSA) is 68.0 Å². The lowest BCUT2D eigenvalue weighted by atomic mass is 9.87. The van der Waals surface area contributed by atoms with E-state index >= 15 is 0 Å². The zero-order valence-electron chi connectivity index (χ0n) is 11.0. The van der Waals surface area contributed by atoms with Crippen LogP contribution in [0.4, 0.5) is 10.2 Å². The average Bonchev–Trinajstić information content (AvgIpc) is 2.18. The van der Waals surface area contributed by atoms with E-state index in [0.717, 1.165) is 12.6 Å². The van der Waals surface area contributed by atoms with Crippen molar-refractivity contribution in [1.82, 2.24) is 4.98 Å².